The van der Waals surface area contributed by atoms with E-state index in [2.05, 4.69) is 20.4 Å². The van der Waals surface area contributed by atoms with E-state index in [1.807, 2.05) is 0 Å². The zero-order valence-electron chi connectivity index (χ0n) is 15.2. The van der Waals surface area contributed by atoms with E-state index in [1.54, 1.807) is 0 Å². The first-order valence-corrected chi connectivity index (χ1v) is 9.02. The second-order valence-electron chi connectivity index (χ2n) is 5.77. The van der Waals surface area contributed by atoms with Gasteiger partial charge in [0.15, 0.2) is 5.13 Å². The third-order valence-corrected chi connectivity index (χ3v) is 4.70. The zero-order chi connectivity index (χ0) is 21.6. The lowest BCUT2D eigenvalue weighted by Crippen LogP contribution is -2.47. The van der Waals surface area contributed by atoms with Gasteiger partial charge in [-0.1, -0.05) is 11.3 Å². The summed E-state index contributed by atoms with van der Waals surface area (Å²) in [5.74, 6) is -1.37. The molecule has 0 aliphatic heterocycles. The molecule has 1 atom stereocenters. The molecule has 0 radical (unpaired) electrons. The highest BCUT2D eigenvalue weighted by Gasteiger charge is 2.31. The molecular weight excluding hydrogens is 415 g/mol. The Balaban J connectivity index is 1.99. The maximum absolute atomic E-state index is 12.3. The van der Waals surface area contributed by atoms with E-state index in [4.69, 9.17) is 5.73 Å². The van der Waals surface area contributed by atoms with Crippen LogP contribution in [0.4, 0.5) is 18.3 Å². The molecule has 9 nitrogen and oxygen atoms in total. The van der Waals surface area contributed by atoms with Crippen LogP contribution >= 0.6 is 11.3 Å². The fourth-order valence-electron chi connectivity index (χ4n) is 2.20. The Hall–Kier alpha value is -2.93. The fourth-order valence-corrected chi connectivity index (χ4v) is 3.10. The van der Waals surface area contributed by atoms with Crippen LogP contribution in [0.2, 0.25) is 0 Å². The fraction of sp³-hybridized carbons (Fsp3) is 0.375. The zero-order valence-corrected chi connectivity index (χ0v) is 16.0. The molecule has 2 aromatic rings. The molecule has 1 aromatic carbocycles. The quantitative estimate of drug-likeness (QED) is 0.497. The molecule has 0 saturated heterocycles. The molecule has 29 heavy (non-hydrogen) atoms. The monoisotopic (exact) mass is 433 g/mol. The lowest BCUT2D eigenvalue weighted by atomic mass is 10.3. The molecule has 1 unspecified atom stereocenters. The number of nitrogens with one attached hydrogen (secondary N) is 2. The van der Waals surface area contributed by atoms with Crippen LogP contribution in [0.1, 0.15) is 0 Å². The van der Waals surface area contributed by atoms with Gasteiger partial charge in [0.25, 0.3) is 0 Å². The topological polar surface area (TPSA) is 127 Å². The molecule has 0 fully saturated rings. The number of nitrogens with zero attached hydrogens (tertiary/aromatic N) is 2. The first-order chi connectivity index (χ1) is 13.6. The van der Waals surface area contributed by atoms with Gasteiger partial charge in [0.05, 0.1) is 23.3 Å². The molecule has 1 aromatic heterocycles. The van der Waals surface area contributed by atoms with Crippen LogP contribution in [0.3, 0.4) is 0 Å². The Kier molecular flexibility index (Phi) is 7.34. The summed E-state index contributed by atoms with van der Waals surface area (Å²) in [7, 11) is 1.40. The summed E-state index contributed by atoms with van der Waals surface area (Å²) in [4.78, 5) is 39.8. The van der Waals surface area contributed by atoms with Gasteiger partial charge in [-0.15, -0.1) is 13.2 Å². The van der Waals surface area contributed by atoms with Gasteiger partial charge >= 0.3 is 6.36 Å². The van der Waals surface area contributed by atoms with Gasteiger partial charge in [-0.2, -0.15) is 0 Å². The molecule has 0 aliphatic carbocycles. The number of aromatic nitrogens is 1. The number of hydrogen-bond donors (Lipinski definition) is 3. The number of likely N-dealkylation sites (N-methyl/N-ethyl adjacent to an activating group) is 1. The second-order valence-corrected chi connectivity index (χ2v) is 6.80. The number of carbonyl (C=O) groups excluding carboxylic acids is 3. The van der Waals surface area contributed by atoms with Crippen LogP contribution in [-0.4, -0.2) is 67.1 Å². The van der Waals surface area contributed by atoms with E-state index in [0.29, 0.717) is 21.6 Å². The molecule has 0 aliphatic rings. The standard InChI is InChI=1S/C16H18F3N5O4S/c1-24(14(27)7-21-13(26)5-20)9(8-25)6-22-15-23-11-3-2-10(4-12(11)29-15)28-16(17,18)19/h2-4,8-9H,5-7,20H2,1H3,(H,21,26)(H,22,23). The van der Waals surface area contributed by atoms with Gasteiger partial charge in [0.1, 0.15) is 18.1 Å². The summed E-state index contributed by atoms with van der Waals surface area (Å²) >= 11 is 1.07. The number of aldehydes is 1. The number of anilines is 1. The predicted molar refractivity (Wildman–Crippen MR) is 99.5 cm³/mol. The Morgan fingerprint density at radius 3 is 2.76 bits per heavy atom. The Morgan fingerprint density at radius 2 is 2.14 bits per heavy atom. The normalized spacial score (nSPS) is 12.3. The molecule has 158 valence electrons. The average Bonchev–Trinajstić information content (AvgIpc) is 3.06. The summed E-state index contributed by atoms with van der Waals surface area (Å²) in [5.41, 5.74) is 5.58. The first kappa shape index (κ1) is 22.4. The van der Waals surface area contributed by atoms with Crippen molar-refractivity contribution in [3.05, 3.63) is 18.2 Å². The van der Waals surface area contributed by atoms with Gasteiger partial charge in [0.2, 0.25) is 11.8 Å². The number of amides is 2. The maximum atomic E-state index is 12.3. The largest absolute Gasteiger partial charge is 0.573 e. The predicted octanol–water partition coefficient (Wildman–Crippen LogP) is 0.708. The van der Waals surface area contributed by atoms with Crippen molar-refractivity contribution >= 4 is 44.8 Å². The number of halogens is 3. The molecule has 1 heterocycles. The summed E-state index contributed by atoms with van der Waals surface area (Å²) in [5, 5.41) is 5.54. The van der Waals surface area contributed by atoms with E-state index in [9.17, 15) is 27.6 Å². The van der Waals surface area contributed by atoms with Crippen LogP contribution in [0.15, 0.2) is 18.2 Å². The highest BCUT2D eigenvalue weighted by atomic mass is 32.1. The van der Waals surface area contributed by atoms with Crippen molar-refractivity contribution in [1.29, 1.82) is 0 Å². The maximum Gasteiger partial charge on any atom is 0.573 e. The molecule has 2 rings (SSSR count). The van der Waals surface area contributed by atoms with Gasteiger partial charge in [-0.25, -0.2) is 4.98 Å². The number of rotatable bonds is 9. The highest BCUT2D eigenvalue weighted by molar-refractivity contribution is 7.22. The number of alkyl halides is 3. The van der Waals surface area contributed by atoms with Crippen molar-refractivity contribution in [2.24, 2.45) is 5.73 Å². The van der Waals surface area contributed by atoms with Crippen LogP contribution in [0.25, 0.3) is 10.2 Å². The van der Waals surface area contributed by atoms with Crippen LogP contribution in [0.5, 0.6) is 5.75 Å². The number of ether oxygens (including phenoxy) is 1. The molecule has 0 bridgehead atoms. The van der Waals surface area contributed by atoms with E-state index >= 15 is 0 Å². The Bertz CT molecular complexity index is 889. The lowest BCUT2D eigenvalue weighted by molar-refractivity contribution is -0.274. The summed E-state index contributed by atoms with van der Waals surface area (Å²) in [6.45, 7) is -0.550. The smallest absolute Gasteiger partial charge is 0.406 e. The van der Waals surface area contributed by atoms with E-state index < -0.39 is 24.2 Å². The van der Waals surface area contributed by atoms with Gasteiger partial charge in [0, 0.05) is 19.7 Å². The minimum Gasteiger partial charge on any atom is -0.406 e. The molecule has 0 spiro atoms. The highest BCUT2D eigenvalue weighted by Crippen LogP contribution is 2.31. The number of fused-ring (bicyclic) bond motifs is 1. The molecule has 4 N–H and O–H groups in total. The van der Waals surface area contributed by atoms with Crippen molar-refractivity contribution in [2.75, 3.05) is 32.0 Å². The summed E-state index contributed by atoms with van der Waals surface area (Å²) < 4.78 is 41.3. The SMILES string of the molecule is CN(C(=O)CNC(=O)CN)C(C=O)CNc1nc2ccc(OC(F)(F)F)cc2s1. The van der Waals surface area contributed by atoms with Crippen molar-refractivity contribution in [1.82, 2.24) is 15.2 Å². The second kappa shape index (κ2) is 9.52. The van der Waals surface area contributed by atoms with E-state index in [0.717, 1.165) is 22.3 Å². The van der Waals surface area contributed by atoms with E-state index in [-0.39, 0.29) is 25.4 Å². The number of nitrogens with two attached hydrogens (primary N) is 1. The molecule has 2 amide bonds. The number of carbonyl (C=O) groups is 3. The van der Waals surface area contributed by atoms with Crippen molar-refractivity contribution < 1.29 is 32.3 Å². The molecule has 0 saturated carbocycles. The van der Waals surface area contributed by atoms with Crippen molar-refractivity contribution in [3.8, 4) is 5.75 Å². The van der Waals surface area contributed by atoms with Crippen LogP contribution in [0, 0.1) is 0 Å². The van der Waals surface area contributed by atoms with Crippen LogP contribution in [-0.2, 0) is 14.4 Å². The minimum atomic E-state index is -4.79. The number of benzene rings is 1. The molecular formula is C16H18F3N5O4S. The summed E-state index contributed by atoms with van der Waals surface area (Å²) in [6.07, 6.45) is -4.24. The van der Waals surface area contributed by atoms with Gasteiger partial charge in [-0.05, 0) is 12.1 Å². The van der Waals surface area contributed by atoms with Crippen LogP contribution < -0.4 is 21.1 Å². The average molecular weight is 433 g/mol. The van der Waals surface area contributed by atoms with Crippen molar-refractivity contribution in [2.45, 2.75) is 12.4 Å². The van der Waals surface area contributed by atoms with Gasteiger partial charge < -0.3 is 30.8 Å². The Labute approximate surface area is 167 Å². The minimum absolute atomic E-state index is 0.0162. The first-order valence-electron chi connectivity index (χ1n) is 8.21. The van der Waals surface area contributed by atoms with E-state index in [1.165, 1.54) is 19.2 Å². The number of thiazole rings is 1. The van der Waals surface area contributed by atoms with Gasteiger partial charge in [-0.3, -0.25) is 9.59 Å². The summed E-state index contributed by atoms with van der Waals surface area (Å²) in [6, 6.07) is 2.88. The van der Waals surface area contributed by atoms with Crippen molar-refractivity contribution in [3.63, 3.8) is 0 Å². The third-order valence-electron chi connectivity index (χ3n) is 3.73. The lowest BCUT2D eigenvalue weighted by Gasteiger charge is -2.24. The third kappa shape index (κ3) is 6.57. The molecule has 13 heteroatoms. The number of hydrogen-bond acceptors (Lipinski definition) is 8. The Morgan fingerprint density at radius 1 is 1.41 bits per heavy atom.